The molecule has 0 saturated heterocycles. The van der Waals surface area contributed by atoms with Crippen molar-refractivity contribution in [3.05, 3.63) is 53.6 Å². The van der Waals surface area contributed by atoms with Crippen LogP contribution in [0.5, 0.6) is 11.5 Å². The number of fused-ring (bicyclic) bond motifs is 1. The third-order valence-corrected chi connectivity index (χ3v) is 6.79. The maximum Gasteiger partial charge on any atom is 0.194 e. The largest absolute Gasteiger partial charge is 0.493 e. The molecule has 8 heteroatoms. The molecule has 0 atom stereocenters. The van der Waals surface area contributed by atoms with E-state index >= 15 is 0 Å². The lowest BCUT2D eigenvalue weighted by molar-refractivity contribution is 0.346. The molecule has 0 radical (unpaired) electrons. The summed E-state index contributed by atoms with van der Waals surface area (Å²) in [5.74, 6) is 2.13. The normalized spacial score (nSPS) is 14.2. The van der Waals surface area contributed by atoms with E-state index in [1.165, 1.54) is 5.56 Å². The second-order valence-electron chi connectivity index (χ2n) is 7.02. The fourth-order valence-corrected chi connectivity index (χ4v) is 4.65. The number of aliphatic imine (C=N–C) groups is 1. The summed E-state index contributed by atoms with van der Waals surface area (Å²) in [4.78, 5) is 7.07. The Kier molecular flexibility index (Phi) is 7.20. The second-order valence-corrected chi connectivity index (χ2v) is 9.12. The summed E-state index contributed by atoms with van der Waals surface area (Å²) in [5, 5.41) is 3.29. The smallest absolute Gasteiger partial charge is 0.194 e. The zero-order valence-electron chi connectivity index (χ0n) is 17.7. The Labute approximate surface area is 178 Å². The number of hydrogen-bond acceptors (Lipinski definition) is 5. The van der Waals surface area contributed by atoms with Crippen LogP contribution in [0.4, 0.5) is 0 Å². The Morgan fingerprint density at radius 2 is 1.77 bits per heavy atom. The van der Waals surface area contributed by atoms with E-state index in [-0.39, 0.29) is 12.3 Å². The minimum absolute atomic E-state index is 0.0264. The van der Waals surface area contributed by atoms with E-state index in [0.717, 1.165) is 30.2 Å². The summed E-state index contributed by atoms with van der Waals surface area (Å²) in [6.07, 6.45) is 0.850. The van der Waals surface area contributed by atoms with E-state index in [1.807, 2.05) is 19.1 Å². The van der Waals surface area contributed by atoms with Gasteiger partial charge < -0.3 is 19.7 Å². The molecular formula is C22H29N3O4S. The maximum absolute atomic E-state index is 12.5. The molecule has 2 aromatic carbocycles. The molecule has 7 nitrogen and oxygen atoms in total. The molecule has 162 valence electrons. The highest BCUT2D eigenvalue weighted by Crippen LogP contribution is 2.33. The fourth-order valence-electron chi connectivity index (χ4n) is 3.51. The summed E-state index contributed by atoms with van der Waals surface area (Å²) in [6, 6.07) is 12.5. The molecule has 2 aromatic rings. The summed E-state index contributed by atoms with van der Waals surface area (Å²) in [7, 11) is -0.0846. The third-order valence-electron chi connectivity index (χ3n) is 5.08. The predicted molar refractivity (Wildman–Crippen MR) is 118 cm³/mol. The van der Waals surface area contributed by atoms with Gasteiger partial charge in [0.05, 0.1) is 31.4 Å². The van der Waals surface area contributed by atoms with E-state index < -0.39 is 9.84 Å². The van der Waals surface area contributed by atoms with E-state index in [4.69, 9.17) is 9.47 Å². The van der Waals surface area contributed by atoms with Crippen molar-refractivity contribution in [1.82, 2.24) is 10.2 Å². The number of ether oxygens (including phenoxy) is 2. The van der Waals surface area contributed by atoms with Gasteiger partial charge in [-0.1, -0.05) is 18.2 Å². The summed E-state index contributed by atoms with van der Waals surface area (Å²) >= 11 is 0. The van der Waals surface area contributed by atoms with Gasteiger partial charge in [0.2, 0.25) is 0 Å². The first-order valence-electron chi connectivity index (χ1n) is 10.0. The summed E-state index contributed by atoms with van der Waals surface area (Å²) in [5.41, 5.74) is 2.38. The van der Waals surface area contributed by atoms with Crippen LogP contribution in [0.2, 0.25) is 0 Å². The first-order chi connectivity index (χ1) is 14.5. The van der Waals surface area contributed by atoms with E-state index in [0.29, 0.717) is 23.7 Å². The molecule has 0 aliphatic carbocycles. The van der Waals surface area contributed by atoms with Gasteiger partial charge in [0.1, 0.15) is 0 Å². The van der Waals surface area contributed by atoms with Gasteiger partial charge in [-0.15, -0.1) is 0 Å². The number of methoxy groups -OCH3 is 2. The van der Waals surface area contributed by atoms with Crippen LogP contribution in [-0.2, 0) is 22.8 Å². The monoisotopic (exact) mass is 431 g/mol. The Hall–Kier alpha value is -2.74. The quantitative estimate of drug-likeness (QED) is 0.536. The number of hydrogen-bond donors (Lipinski definition) is 1. The number of guanidine groups is 1. The first kappa shape index (κ1) is 22.0. The van der Waals surface area contributed by atoms with E-state index in [1.54, 1.807) is 44.6 Å². The highest BCUT2D eigenvalue weighted by Gasteiger charge is 2.22. The molecule has 0 unspecified atom stereocenters. The van der Waals surface area contributed by atoms with Crippen LogP contribution in [0.25, 0.3) is 0 Å². The second kappa shape index (κ2) is 9.84. The molecule has 1 N–H and O–H groups in total. The highest BCUT2D eigenvalue weighted by atomic mass is 32.2. The van der Waals surface area contributed by atoms with Crippen LogP contribution in [-0.4, -0.2) is 58.9 Å². The number of nitrogens with one attached hydrogen (secondary N) is 1. The third kappa shape index (κ3) is 5.05. The van der Waals surface area contributed by atoms with Gasteiger partial charge >= 0.3 is 0 Å². The molecule has 0 amide bonds. The minimum Gasteiger partial charge on any atom is -0.493 e. The lowest BCUT2D eigenvalue weighted by Gasteiger charge is -2.32. The SMILES string of the molecule is CCNC(=NCCS(=O)(=O)c1ccccc1)N1CCc2cc(OC)c(OC)cc2C1. The molecule has 0 bridgehead atoms. The lowest BCUT2D eigenvalue weighted by Crippen LogP contribution is -2.44. The van der Waals surface area contributed by atoms with Gasteiger partial charge in [0, 0.05) is 19.6 Å². The molecule has 3 rings (SSSR count). The van der Waals surface area contributed by atoms with Crippen LogP contribution in [0, 0.1) is 0 Å². The summed E-state index contributed by atoms with van der Waals surface area (Å²) in [6.45, 7) is 4.38. The molecule has 1 heterocycles. The van der Waals surface area contributed by atoms with Gasteiger partial charge in [0.15, 0.2) is 27.3 Å². The van der Waals surface area contributed by atoms with Crippen LogP contribution in [0.3, 0.4) is 0 Å². The lowest BCUT2D eigenvalue weighted by atomic mass is 9.99. The van der Waals surface area contributed by atoms with Crippen molar-refractivity contribution in [3.63, 3.8) is 0 Å². The van der Waals surface area contributed by atoms with E-state index in [2.05, 4.69) is 15.2 Å². The Bertz CT molecular complexity index is 991. The number of rotatable bonds is 7. The fraction of sp³-hybridized carbons (Fsp3) is 0.409. The molecule has 0 fully saturated rings. The Balaban J connectivity index is 1.74. The van der Waals surface area contributed by atoms with Crippen LogP contribution >= 0.6 is 0 Å². The number of sulfone groups is 1. The van der Waals surface area contributed by atoms with Crippen molar-refractivity contribution in [3.8, 4) is 11.5 Å². The molecule has 0 saturated carbocycles. The number of benzene rings is 2. The van der Waals surface area contributed by atoms with Crippen molar-refractivity contribution in [2.45, 2.75) is 24.8 Å². The van der Waals surface area contributed by atoms with Crippen LogP contribution in [0.15, 0.2) is 52.4 Å². The molecule has 1 aliphatic rings. The zero-order chi connectivity index (χ0) is 21.6. The van der Waals surface area contributed by atoms with Crippen molar-refractivity contribution in [2.75, 3.05) is 39.6 Å². The topological polar surface area (TPSA) is 80.2 Å². The molecule has 30 heavy (non-hydrogen) atoms. The zero-order valence-corrected chi connectivity index (χ0v) is 18.5. The Morgan fingerprint density at radius 3 is 2.40 bits per heavy atom. The first-order valence-corrected chi connectivity index (χ1v) is 11.7. The molecule has 1 aliphatic heterocycles. The van der Waals surface area contributed by atoms with Crippen LogP contribution in [0.1, 0.15) is 18.1 Å². The van der Waals surface area contributed by atoms with E-state index in [9.17, 15) is 8.42 Å². The number of nitrogens with zero attached hydrogens (tertiary/aromatic N) is 2. The average Bonchev–Trinajstić information content (AvgIpc) is 2.77. The maximum atomic E-state index is 12.5. The van der Waals surface area contributed by atoms with Gasteiger partial charge in [-0.05, 0) is 48.7 Å². The van der Waals surface area contributed by atoms with Crippen molar-refractivity contribution >= 4 is 15.8 Å². The minimum atomic E-state index is -3.35. The van der Waals surface area contributed by atoms with Crippen molar-refractivity contribution in [2.24, 2.45) is 4.99 Å². The van der Waals surface area contributed by atoms with Crippen molar-refractivity contribution < 1.29 is 17.9 Å². The van der Waals surface area contributed by atoms with Gasteiger partial charge in [-0.3, -0.25) is 4.99 Å². The van der Waals surface area contributed by atoms with Crippen molar-refractivity contribution in [1.29, 1.82) is 0 Å². The van der Waals surface area contributed by atoms with Gasteiger partial charge in [-0.2, -0.15) is 0 Å². The standard InChI is InChI=1S/C22H29N3O4S/c1-4-23-22(24-11-13-30(26,27)19-8-6-5-7-9-19)25-12-10-17-14-20(28-2)21(29-3)15-18(17)16-25/h5-9,14-15H,4,10-13,16H2,1-3H3,(H,23,24). The van der Waals surface area contributed by atoms with Crippen LogP contribution < -0.4 is 14.8 Å². The van der Waals surface area contributed by atoms with Gasteiger partial charge in [0.25, 0.3) is 0 Å². The molecular weight excluding hydrogens is 402 g/mol. The molecule has 0 spiro atoms. The Morgan fingerprint density at radius 1 is 1.10 bits per heavy atom. The highest BCUT2D eigenvalue weighted by molar-refractivity contribution is 7.91. The summed E-state index contributed by atoms with van der Waals surface area (Å²) < 4.78 is 35.9. The predicted octanol–water partition coefficient (Wildman–Crippen LogP) is 2.50. The molecule has 0 aromatic heterocycles. The average molecular weight is 432 g/mol. The van der Waals surface area contributed by atoms with Gasteiger partial charge in [-0.25, -0.2) is 8.42 Å².